The van der Waals surface area contributed by atoms with Gasteiger partial charge in [0.15, 0.2) is 0 Å². The van der Waals surface area contributed by atoms with Crippen molar-refractivity contribution in [3.63, 3.8) is 0 Å². The third kappa shape index (κ3) is 2.35. The maximum atomic E-state index is 3.90. The van der Waals surface area contributed by atoms with Crippen LogP contribution in [-0.2, 0) is 0 Å². The van der Waals surface area contributed by atoms with E-state index in [-0.39, 0.29) is 0 Å². The van der Waals surface area contributed by atoms with Gasteiger partial charge in [0.25, 0.3) is 0 Å². The van der Waals surface area contributed by atoms with E-state index in [1.807, 2.05) is 6.08 Å². The van der Waals surface area contributed by atoms with E-state index in [1.54, 1.807) is 0 Å². The molecule has 0 aliphatic carbocycles. The van der Waals surface area contributed by atoms with Gasteiger partial charge < -0.3 is 0 Å². The summed E-state index contributed by atoms with van der Waals surface area (Å²) in [5.74, 6) is 0. The summed E-state index contributed by atoms with van der Waals surface area (Å²) in [6, 6.07) is 9.13. The minimum absolute atomic E-state index is 0.523. The molecule has 1 nitrogen and oxygen atoms in total. The van der Waals surface area contributed by atoms with Crippen LogP contribution < -0.4 is 0 Å². The lowest BCUT2D eigenvalue weighted by atomic mass is 9.98. The summed E-state index contributed by atoms with van der Waals surface area (Å²) in [4.78, 5) is 2.59. The fraction of sp³-hybridized carbons (Fsp3) is 0.467. The smallest absolute Gasteiger partial charge is 0.0325 e. The van der Waals surface area contributed by atoms with Crippen LogP contribution in [0, 0.1) is 0 Å². The van der Waals surface area contributed by atoms with Gasteiger partial charge in [-0.1, -0.05) is 43.3 Å². The molecular formula is C15H21N. The number of benzene rings is 1. The predicted octanol–water partition coefficient (Wildman–Crippen LogP) is 3.88. The van der Waals surface area contributed by atoms with E-state index in [2.05, 4.69) is 42.7 Å². The van der Waals surface area contributed by atoms with Gasteiger partial charge >= 0.3 is 0 Å². The highest BCUT2D eigenvalue weighted by Crippen LogP contribution is 2.26. The Morgan fingerprint density at radius 2 is 1.88 bits per heavy atom. The highest BCUT2D eigenvalue weighted by atomic mass is 15.2. The van der Waals surface area contributed by atoms with Crippen molar-refractivity contribution in [1.82, 2.24) is 4.90 Å². The predicted molar refractivity (Wildman–Crippen MR) is 70.4 cm³/mol. The SMILES string of the molecule is C=Cc1ccccc1C(C)N1CCCCC1. The highest BCUT2D eigenvalue weighted by molar-refractivity contribution is 5.52. The summed E-state index contributed by atoms with van der Waals surface area (Å²) in [5, 5.41) is 0. The van der Waals surface area contributed by atoms with Gasteiger partial charge in [-0.2, -0.15) is 0 Å². The molecule has 0 amide bonds. The summed E-state index contributed by atoms with van der Waals surface area (Å²) in [7, 11) is 0. The molecule has 0 radical (unpaired) electrons. The van der Waals surface area contributed by atoms with Crippen molar-refractivity contribution in [2.45, 2.75) is 32.2 Å². The van der Waals surface area contributed by atoms with Crippen molar-refractivity contribution in [2.75, 3.05) is 13.1 Å². The summed E-state index contributed by atoms with van der Waals surface area (Å²) in [5.41, 5.74) is 2.69. The Bertz CT molecular complexity index is 350. The zero-order chi connectivity index (χ0) is 11.4. The molecule has 86 valence electrons. The van der Waals surface area contributed by atoms with E-state index in [0.29, 0.717) is 6.04 Å². The maximum Gasteiger partial charge on any atom is 0.0325 e. The zero-order valence-electron chi connectivity index (χ0n) is 10.2. The summed E-state index contributed by atoms with van der Waals surface area (Å²) in [6.45, 7) is 8.70. The third-order valence-corrected chi connectivity index (χ3v) is 3.60. The van der Waals surface area contributed by atoms with Crippen LogP contribution in [0.3, 0.4) is 0 Å². The Hall–Kier alpha value is -1.08. The fourth-order valence-electron chi connectivity index (χ4n) is 2.58. The van der Waals surface area contributed by atoms with Crippen LogP contribution in [0.25, 0.3) is 6.08 Å². The molecule has 1 fully saturated rings. The van der Waals surface area contributed by atoms with E-state index in [0.717, 1.165) is 0 Å². The van der Waals surface area contributed by atoms with E-state index in [1.165, 1.54) is 43.5 Å². The Kier molecular flexibility index (Phi) is 3.79. The van der Waals surface area contributed by atoms with Crippen molar-refractivity contribution in [3.05, 3.63) is 42.0 Å². The Morgan fingerprint density at radius 3 is 2.56 bits per heavy atom. The van der Waals surface area contributed by atoms with Gasteiger partial charge in [-0.15, -0.1) is 0 Å². The molecule has 1 aromatic rings. The fourth-order valence-corrected chi connectivity index (χ4v) is 2.58. The van der Waals surface area contributed by atoms with E-state index >= 15 is 0 Å². The van der Waals surface area contributed by atoms with Crippen molar-refractivity contribution >= 4 is 6.08 Å². The molecule has 1 unspecified atom stereocenters. The van der Waals surface area contributed by atoms with Crippen molar-refractivity contribution in [2.24, 2.45) is 0 Å². The second kappa shape index (κ2) is 5.31. The van der Waals surface area contributed by atoms with Crippen LogP contribution in [0.2, 0.25) is 0 Å². The molecular weight excluding hydrogens is 194 g/mol. The monoisotopic (exact) mass is 215 g/mol. The highest BCUT2D eigenvalue weighted by Gasteiger charge is 2.19. The second-order valence-corrected chi connectivity index (χ2v) is 4.61. The molecule has 1 aromatic carbocycles. The van der Waals surface area contributed by atoms with Crippen molar-refractivity contribution in [1.29, 1.82) is 0 Å². The third-order valence-electron chi connectivity index (χ3n) is 3.60. The Morgan fingerprint density at radius 1 is 1.19 bits per heavy atom. The lowest BCUT2D eigenvalue weighted by Crippen LogP contribution is -2.32. The second-order valence-electron chi connectivity index (χ2n) is 4.61. The molecule has 1 aliphatic heterocycles. The van der Waals surface area contributed by atoms with E-state index < -0.39 is 0 Å². The van der Waals surface area contributed by atoms with Gasteiger partial charge in [-0.3, -0.25) is 4.90 Å². The Balaban J connectivity index is 2.18. The van der Waals surface area contributed by atoms with Gasteiger partial charge in [0.05, 0.1) is 0 Å². The first-order valence-electron chi connectivity index (χ1n) is 6.28. The topological polar surface area (TPSA) is 3.24 Å². The van der Waals surface area contributed by atoms with Crippen LogP contribution >= 0.6 is 0 Å². The summed E-state index contributed by atoms with van der Waals surface area (Å²) < 4.78 is 0. The van der Waals surface area contributed by atoms with Crippen LogP contribution in [0.1, 0.15) is 43.4 Å². The normalized spacial score (nSPS) is 19.3. The first kappa shape index (κ1) is 11.4. The number of rotatable bonds is 3. The average molecular weight is 215 g/mol. The molecule has 1 saturated heterocycles. The molecule has 2 rings (SSSR count). The molecule has 0 spiro atoms. The number of piperidine rings is 1. The van der Waals surface area contributed by atoms with Crippen molar-refractivity contribution in [3.8, 4) is 0 Å². The number of likely N-dealkylation sites (tertiary alicyclic amines) is 1. The van der Waals surface area contributed by atoms with E-state index in [4.69, 9.17) is 0 Å². The number of nitrogens with zero attached hydrogens (tertiary/aromatic N) is 1. The minimum atomic E-state index is 0.523. The molecule has 1 heterocycles. The van der Waals surface area contributed by atoms with Gasteiger partial charge in [-0.05, 0) is 44.0 Å². The van der Waals surface area contributed by atoms with Gasteiger partial charge in [-0.25, -0.2) is 0 Å². The molecule has 1 aliphatic rings. The maximum absolute atomic E-state index is 3.90. The number of hydrogen-bond acceptors (Lipinski definition) is 1. The standard InChI is InChI=1S/C15H21N/c1-3-14-9-5-6-10-15(14)13(2)16-11-7-4-8-12-16/h3,5-6,9-10,13H,1,4,7-8,11-12H2,2H3. The molecule has 0 N–H and O–H groups in total. The minimum Gasteiger partial charge on any atom is -0.297 e. The van der Waals surface area contributed by atoms with E-state index in [9.17, 15) is 0 Å². The molecule has 0 saturated carbocycles. The lowest BCUT2D eigenvalue weighted by molar-refractivity contribution is 0.175. The first-order chi connectivity index (χ1) is 7.83. The molecule has 0 bridgehead atoms. The molecule has 1 heteroatoms. The molecule has 0 aromatic heterocycles. The van der Waals surface area contributed by atoms with Crippen LogP contribution in [0.4, 0.5) is 0 Å². The van der Waals surface area contributed by atoms with Gasteiger partial charge in [0, 0.05) is 6.04 Å². The first-order valence-corrected chi connectivity index (χ1v) is 6.28. The van der Waals surface area contributed by atoms with Crippen molar-refractivity contribution < 1.29 is 0 Å². The molecule has 1 atom stereocenters. The summed E-state index contributed by atoms with van der Waals surface area (Å²) in [6.07, 6.45) is 6.06. The van der Waals surface area contributed by atoms with Gasteiger partial charge in [0.1, 0.15) is 0 Å². The van der Waals surface area contributed by atoms with Crippen LogP contribution in [-0.4, -0.2) is 18.0 Å². The summed E-state index contributed by atoms with van der Waals surface area (Å²) >= 11 is 0. The van der Waals surface area contributed by atoms with Gasteiger partial charge in [0.2, 0.25) is 0 Å². The average Bonchev–Trinajstić information content (AvgIpc) is 2.39. The quantitative estimate of drug-likeness (QED) is 0.739. The lowest BCUT2D eigenvalue weighted by Gasteiger charge is -2.33. The van der Waals surface area contributed by atoms with Crippen LogP contribution in [0.15, 0.2) is 30.8 Å². The number of hydrogen-bond donors (Lipinski definition) is 0. The largest absolute Gasteiger partial charge is 0.297 e. The zero-order valence-corrected chi connectivity index (χ0v) is 10.2. The Labute approximate surface area is 98.8 Å². The molecule has 16 heavy (non-hydrogen) atoms. The van der Waals surface area contributed by atoms with Crippen LogP contribution in [0.5, 0.6) is 0 Å².